The highest BCUT2D eigenvalue weighted by Gasteiger charge is 2.60. The Morgan fingerprint density at radius 3 is 0.742 bits per heavy atom. The molecule has 2 N–H and O–H groups in total. The molecule has 0 aliphatic heterocycles. The van der Waals surface area contributed by atoms with Crippen LogP contribution >= 0.6 is 15.9 Å². The number of benzene rings is 14. The lowest BCUT2D eigenvalue weighted by molar-refractivity contribution is -0.0282. The van der Waals surface area contributed by atoms with Gasteiger partial charge in [0.2, 0.25) is 0 Å². The molecule has 0 amide bonds. The minimum Gasteiger partial charge on any atom is -0.423 e. The summed E-state index contributed by atoms with van der Waals surface area (Å²) in [6, 6.07) is 132. The van der Waals surface area contributed by atoms with Crippen molar-refractivity contribution in [3.8, 4) is 136 Å². The zero-order valence-electron chi connectivity index (χ0n) is 68.9. The van der Waals surface area contributed by atoms with Crippen molar-refractivity contribution in [3.05, 3.63) is 402 Å². The van der Waals surface area contributed by atoms with Crippen LogP contribution in [0.2, 0.25) is 0 Å². The summed E-state index contributed by atoms with van der Waals surface area (Å²) in [5.74, 6) is 7.21. The lowest BCUT2D eigenvalue weighted by Crippen LogP contribution is -2.55. The summed E-state index contributed by atoms with van der Waals surface area (Å²) >= 11 is 3.67. The first-order chi connectivity index (χ1) is 60.8. The van der Waals surface area contributed by atoms with Crippen molar-refractivity contribution >= 4 is 28.5 Å². The third-order valence-electron chi connectivity index (χ3n) is 27.5. The van der Waals surface area contributed by atoms with E-state index in [-0.39, 0.29) is 16.2 Å². The van der Waals surface area contributed by atoms with Gasteiger partial charge in [0.05, 0.1) is 23.3 Å². The molecule has 24 rings (SSSR count). The first-order valence-electron chi connectivity index (χ1n) is 43.4. The van der Waals surface area contributed by atoms with E-state index in [1.807, 2.05) is 140 Å². The van der Waals surface area contributed by atoms with Gasteiger partial charge in [0.1, 0.15) is 0 Å². The van der Waals surface area contributed by atoms with Crippen LogP contribution in [-0.4, -0.2) is 47.1 Å². The molecule has 2 heterocycles. The van der Waals surface area contributed by atoms with Gasteiger partial charge in [-0.1, -0.05) is 319 Å². The van der Waals surface area contributed by atoms with Gasteiger partial charge < -0.3 is 10.0 Å². The molecule has 8 aliphatic carbocycles. The van der Waals surface area contributed by atoms with E-state index in [0.29, 0.717) is 57.0 Å². The molecule has 124 heavy (non-hydrogen) atoms. The lowest BCUT2D eigenvalue weighted by Gasteiger charge is -2.63. The molecule has 8 bridgehead atoms. The van der Waals surface area contributed by atoms with E-state index < -0.39 is 7.12 Å². The maximum absolute atomic E-state index is 9.25. The normalized spacial score (nSPS) is 20.9. The number of hydrogen-bond acceptors (Lipinski definition) is 10. The van der Waals surface area contributed by atoms with Crippen LogP contribution in [0.4, 0.5) is 0 Å². The SMILES string of the molecule is Brc1ccc(C23CC4CC(C2)CC(c2ccc(-c5cccc(-c6cccc(-c7nc(-c8ccccc8)nc(-c8ccccc8)n7)c6)c5)cc2)(C4)C3)cc1.N#Cc1ccc(-c2ccc(C34CC5CC(C3)CC(c3ccc(-c6cccc(-c7cccc(-c8nc(-c9ccccc9)nc(-c9ccccc9)n8)c7)c6)cc3)(C5)C4)cc2)cc1.N#Cc1ccc(B(O)O)cc1. The molecule has 0 spiro atoms. The summed E-state index contributed by atoms with van der Waals surface area (Å²) in [6.45, 7) is 0. The largest absolute Gasteiger partial charge is 0.488 e. The predicted molar refractivity (Wildman–Crippen MR) is 502 cm³/mol. The Balaban J connectivity index is 0.000000141. The van der Waals surface area contributed by atoms with Crippen LogP contribution in [-0.2, 0) is 21.7 Å². The van der Waals surface area contributed by atoms with Crippen LogP contribution in [0.3, 0.4) is 0 Å². The lowest BCUT2D eigenvalue weighted by atomic mass is 9.41. The molecule has 16 aromatic rings. The fourth-order valence-corrected chi connectivity index (χ4v) is 22.8. The van der Waals surface area contributed by atoms with E-state index in [9.17, 15) is 5.26 Å². The number of hydrogen-bond donors (Lipinski definition) is 2. The number of rotatable bonds is 16. The first kappa shape index (κ1) is 79.0. The molecular weight excluding hydrogens is 1580 g/mol. The van der Waals surface area contributed by atoms with Gasteiger partial charge in [-0.05, 0) is 266 Å². The highest BCUT2D eigenvalue weighted by Crippen LogP contribution is 2.68. The molecule has 4 atom stereocenters. The van der Waals surface area contributed by atoms with Gasteiger partial charge in [-0.2, -0.15) is 10.5 Å². The van der Waals surface area contributed by atoms with Gasteiger partial charge in [0.15, 0.2) is 34.9 Å². The Hall–Kier alpha value is -13.5. The van der Waals surface area contributed by atoms with Gasteiger partial charge in [-0.25, -0.2) is 29.9 Å². The number of aromatic nitrogens is 6. The maximum atomic E-state index is 9.25. The third-order valence-corrected chi connectivity index (χ3v) is 28.0. The van der Waals surface area contributed by atoms with Gasteiger partial charge in [0.25, 0.3) is 0 Å². The van der Waals surface area contributed by atoms with E-state index >= 15 is 0 Å². The molecule has 0 saturated heterocycles. The summed E-state index contributed by atoms with van der Waals surface area (Å²) in [4.78, 5) is 29.7. The molecule has 2 aromatic heterocycles. The highest BCUT2D eigenvalue weighted by molar-refractivity contribution is 9.10. The van der Waals surface area contributed by atoms with Crippen LogP contribution in [0.1, 0.15) is 110 Å². The average molecular weight is 1670 g/mol. The molecule has 12 heteroatoms. The molecule has 4 unspecified atom stereocenters. The Kier molecular flexibility index (Phi) is 21.5. The second-order valence-corrected chi connectivity index (χ2v) is 36.4. The van der Waals surface area contributed by atoms with Gasteiger partial charge in [-0.15, -0.1) is 0 Å². The van der Waals surface area contributed by atoms with Gasteiger partial charge in [-0.3, -0.25) is 0 Å². The summed E-state index contributed by atoms with van der Waals surface area (Å²) < 4.78 is 1.17. The monoisotopic (exact) mass is 1670 g/mol. The van der Waals surface area contributed by atoms with E-state index in [1.165, 1.54) is 150 Å². The molecule has 600 valence electrons. The smallest absolute Gasteiger partial charge is 0.423 e. The van der Waals surface area contributed by atoms with Crippen LogP contribution < -0.4 is 5.46 Å². The topological polar surface area (TPSA) is 165 Å². The summed E-state index contributed by atoms with van der Waals surface area (Å²) in [5, 5.41) is 35.0. The Morgan fingerprint density at radius 1 is 0.250 bits per heavy atom. The zero-order valence-corrected chi connectivity index (χ0v) is 70.4. The molecule has 8 aliphatic rings. The Morgan fingerprint density at radius 2 is 0.468 bits per heavy atom. The van der Waals surface area contributed by atoms with Crippen LogP contribution in [0.15, 0.2) is 368 Å². The van der Waals surface area contributed by atoms with E-state index in [2.05, 4.69) is 228 Å². The van der Waals surface area contributed by atoms with Crippen LogP contribution in [0, 0.1) is 46.3 Å². The highest BCUT2D eigenvalue weighted by atomic mass is 79.9. The minimum atomic E-state index is -1.46. The number of nitriles is 2. The van der Waals surface area contributed by atoms with E-state index in [1.54, 1.807) is 11.1 Å². The molecule has 8 fully saturated rings. The second-order valence-electron chi connectivity index (χ2n) is 35.5. The number of nitrogens with zero attached hydrogens (tertiary/aromatic N) is 8. The van der Waals surface area contributed by atoms with Gasteiger partial charge in [0, 0.05) is 37.9 Å². The number of halogens is 1. The maximum Gasteiger partial charge on any atom is 0.488 e. The van der Waals surface area contributed by atoms with Crippen molar-refractivity contribution < 1.29 is 10.0 Å². The molecule has 10 nitrogen and oxygen atoms in total. The van der Waals surface area contributed by atoms with Crippen molar-refractivity contribution in [2.75, 3.05) is 0 Å². The van der Waals surface area contributed by atoms with Crippen molar-refractivity contribution in [3.63, 3.8) is 0 Å². The minimum absolute atomic E-state index is 0.229. The van der Waals surface area contributed by atoms with Crippen LogP contribution in [0.25, 0.3) is 124 Å². The molecule has 8 saturated carbocycles. The predicted octanol–water partition coefficient (Wildman–Crippen LogP) is 25.5. The van der Waals surface area contributed by atoms with Crippen molar-refractivity contribution in [2.45, 2.75) is 98.7 Å². The first-order valence-corrected chi connectivity index (χ1v) is 44.2. The van der Waals surface area contributed by atoms with Gasteiger partial charge >= 0.3 is 7.12 Å². The summed E-state index contributed by atoms with van der Waals surface area (Å²) in [5.41, 5.74) is 26.5. The van der Waals surface area contributed by atoms with Crippen molar-refractivity contribution in [1.29, 1.82) is 10.5 Å². The van der Waals surface area contributed by atoms with E-state index in [4.69, 9.17) is 45.2 Å². The zero-order chi connectivity index (χ0) is 83.8. The Labute approximate surface area is 734 Å². The second kappa shape index (κ2) is 33.8. The summed E-state index contributed by atoms with van der Waals surface area (Å²) in [7, 11) is -1.46. The third kappa shape index (κ3) is 16.2. The quantitative estimate of drug-likeness (QED) is 0.0890. The standard InChI is InChI=1S/C56H44N4.C49H40BrN3.C7H6BNO2/c57-36-38-17-19-41(20-18-38)42-21-25-50(26-22-42)55-32-39-29-40(33-55)35-56(34-39,37-55)51-27-23-43(24-28-51)46-13-7-14-47(30-46)48-15-8-16-49(31-48)54-59-52(44-9-3-1-4-10-44)58-53(60-54)45-11-5-2-6-12-45;50-44-23-21-43(22-24-44)49-30-33-25-34(31-49)29-48(28-33,32-49)42-19-17-35(18-20-42)38-13-7-14-39(26-38)40-15-8-16-41(27-40)47-52-45(36-9-3-1-4-10-36)51-46(53-47)37-11-5-2-6-12-37;9-5-6-1-3-7(4-2-6)8(10)11/h1-28,30-31,39-40H,29,32-35,37H2;1-24,26-27,33-34H,25,28-32H2;1-4,10-11H. The average Bonchev–Trinajstić information content (AvgIpc) is 0.708. The van der Waals surface area contributed by atoms with Crippen molar-refractivity contribution in [2.24, 2.45) is 23.7 Å². The van der Waals surface area contributed by atoms with Crippen LogP contribution in [0.5, 0.6) is 0 Å². The fraction of sp³-hybridized carbons (Fsp3) is 0.179. The van der Waals surface area contributed by atoms with E-state index in [0.717, 1.165) is 79.3 Å². The Bertz CT molecular complexity index is 6500. The summed E-state index contributed by atoms with van der Waals surface area (Å²) in [6.07, 6.45) is 15.9. The van der Waals surface area contributed by atoms with Crippen molar-refractivity contribution in [1.82, 2.24) is 29.9 Å². The molecule has 0 radical (unpaired) electrons. The molecule has 14 aromatic carbocycles. The molecular formula is C112H90BBrN8O2. The fourth-order valence-electron chi connectivity index (χ4n) is 22.5.